The molecule has 21 heavy (non-hydrogen) atoms. The first-order valence-corrected chi connectivity index (χ1v) is 8.10. The van der Waals surface area contributed by atoms with Gasteiger partial charge < -0.3 is 9.52 Å². The lowest BCUT2D eigenvalue weighted by Crippen LogP contribution is -2.23. The van der Waals surface area contributed by atoms with Crippen LogP contribution in [-0.4, -0.2) is 25.1 Å². The normalized spacial score (nSPS) is 11.7. The molecule has 0 aliphatic carbocycles. The molecule has 0 fully saturated rings. The molecule has 1 aromatic carbocycles. The van der Waals surface area contributed by atoms with Gasteiger partial charge in [0.05, 0.1) is 17.6 Å². The maximum atomic E-state index is 12.1. The summed E-state index contributed by atoms with van der Waals surface area (Å²) in [7, 11) is -3.59. The van der Waals surface area contributed by atoms with Crippen molar-refractivity contribution in [1.82, 2.24) is 9.71 Å². The summed E-state index contributed by atoms with van der Waals surface area (Å²) < 4.78 is 31.9. The molecule has 0 spiro atoms. The Morgan fingerprint density at radius 2 is 2.00 bits per heavy atom. The highest BCUT2D eigenvalue weighted by Crippen LogP contribution is 2.12. The monoisotopic (exact) mass is 310 g/mol. The molecular formula is C14H18N2O4S. The summed E-state index contributed by atoms with van der Waals surface area (Å²) in [6.07, 6.45) is 2.92. The number of aliphatic hydroxyl groups is 1. The van der Waals surface area contributed by atoms with E-state index in [1.54, 1.807) is 37.4 Å². The fraction of sp³-hybridized carbons (Fsp3) is 0.357. The van der Waals surface area contributed by atoms with E-state index in [2.05, 4.69) is 9.71 Å². The van der Waals surface area contributed by atoms with Gasteiger partial charge in [-0.05, 0) is 37.5 Å². The second-order valence-corrected chi connectivity index (χ2v) is 6.43. The SMILES string of the molecule is Cc1cnc(CNS(=O)(=O)c2ccc(CCCO)cc2)o1. The zero-order chi connectivity index (χ0) is 15.3. The molecule has 1 heterocycles. The third-order valence-electron chi connectivity index (χ3n) is 2.94. The van der Waals surface area contributed by atoms with Crippen LogP contribution >= 0.6 is 0 Å². The van der Waals surface area contributed by atoms with Gasteiger partial charge in [0.2, 0.25) is 15.9 Å². The first-order valence-electron chi connectivity index (χ1n) is 6.62. The Morgan fingerprint density at radius 1 is 1.29 bits per heavy atom. The molecule has 6 nitrogen and oxygen atoms in total. The van der Waals surface area contributed by atoms with Crippen LogP contribution in [0.1, 0.15) is 23.6 Å². The van der Waals surface area contributed by atoms with E-state index in [-0.39, 0.29) is 18.0 Å². The van der Waals surface area contributed by atoms with Gasteiger partial charge >= 0.3 is 0 Å². The predicted molar refractivity (Wildman–Crippen MR) is 77.1 cm³/mol. The molecule has 0 atom stereocenters. The Hall–Kier alpha value is -1.70. The van der Waals surface area contributed by atoms with Crippen LogP contribution in [0.25, 0.3) is 0 Å². The predicted octanol–water partition coefficient (Wildman–Crippen LogP) is 1.39. The maximum absolute atomic E-state index is 12.1. The number of aromatic nitrogens is 1. The molecule has 7 heteroatoms. The van der Waals surface area contributed by atoms with Crippen molar-refractivity contribution in [3.8, 4) is 0 Å². The Kier molecular flexibility index (Phi) is 5.11. The van der Waals surface area contributed by atoms with Crippen LogP contribution in [0.3, 0.4) is 0 Å². The summed E-state index contributed by atoms with van der Waals surface area (Å²) in [5.41, 5.74) is 0.992. The maximum Gasteiger partial charge on any atom is 0.241 e. The van der Waals surface area contributed by atoms with E-state index in [4.69, 9.17) is 9.52 Å². The quantitative estimate of drug-likeness (QED) is 0.806. The molecule has 0 aliphatic rings. The Bertz CT molecular complexity index is 677. The van der Waals surface area contributed by atoms with Crippen LogP contribution in [0.15, 0.2) is 39.8 Å². The number of nitrogens with one attached hydrogen (secondary N) is 1. The number of aryl methyl sites for hydroxylation is 2. The van der Waals surface area contributed by atoms with Crippen LogP contribution in [0.4, 0.5) is 0 Å². The topological polar surface area (TPSA) is 92.4 Å². The molecule has 0 unspecified atom stereocenters. The van der Waals surface area contributed by atoms with E-state index in [1.165, 1.54) is 0 Å². The van der Waals surface area contributed by atoms with Gasteiger partial charge in [0, 0.05) is 6.61 Å². The number of aliphatic hydroxyl groups excluding tert-OH is 1. The fourth-order valence-corrected chi connectivity index (χ4v) is 2.82. The molecule has 0 saturated heterocycles. The van der Waals surface area contributed by atoms with Crippen molar-refractivity contribution in [2.45, 2.75) is 31.2 Å². The first-order chi connectivity index (χ1) is 10.0. The van der Waals surface area contributed by atoms with Gasteiger partial charge in [-0.1, -0.05) is 12.1 Å². The van der Waals surface area contributed by atoms with Gasteiger partial charge in [-0.25, -0.2) is 18.1 Å². The summed E-state index contributed by atoms with van der Waals surface area (Å²) in [6, 6.07) is 6.60. The summed E-state index contributed by atoms with van der Waals surface area (Å²) in [5, 5.41) is 8.77. The van der Waals surface area contributed by atoms with Crippen molar-refractivity contribution in [2.24, 2.45) is 0 Å². The van der Waals surface area contributed by atoms with Gasteiger partial charge in [0.15, 0.2) is 0 Å². The lowest BCUT2D eigenvalue weighted by molar-refractivity contribution is 0.288. The van der Waals surface area contributed by atoms with Crippen LogP contribution in [-0.2, 0) is 23.0 Å². The lowest BCUT2D eigenvalue weighted by atomic mass is 10.1. The number of oxazole rings is 1. The van der Waals surface area contributed by atoms with Gasteiger partial charge in [-0.2, -0.15) is 0 Å². The third kappa shape index (κ3) is 4.38. The highest BCUT2D eigenvalue weighted by Gasteiger charge is 2.14. The number of sulfonamides is 1. The summed E-state index contributed by atoms with van der Waals surface area (Å²) in [5.74, 6) is 0.966. The van der Waals surface area contributed by atoms with Gasteiger partial charge in [-0.3, -0.25) is 0 Å². The molecule has 1 aromatic heterocycles. The van der Waals surface area contributed by atoms with Gasteiger partial charge in [0.1, 0.15) is 5.76 Å². The van der Waals surface area contributed by atoms with E-state index in [9.17, 15) is 8.42 Å². The minimum Gasteiger partial charge on any atom is -0.445 e. The lowest BCUT2D eigenvalue weighted by Gasteiger charge is -2.06. The average molecular weight is 310 g/mol. The van der Waals surface area contributed by atoms with Crippen molar-refractivity contribution in [3.05, 3.63) is 47.7 Å². The van der Waals surface area contributed by atoms with E-state index >= 15 is 0 Å². The number of hydrogen-bond acceptors (Lipinski definition) is 5. The van der Waals surface area contributed by atoms with Crippen molar-refractivity contribution in [3.63, 3.8) is 0 Å². The number of nitrogens with zero attached hydrogens (tertiary/aromatic N) is 1. The minimum atomic E-state index is -3.59. The first kappa shape index (κ1) is 15.7. The third-order valence-corrected chi connectivity index (χ3v) is 4.36. The summed E-state index contributed by atoms with van der Waals surface area (Å²) in [6.45, 7) is 1.88. The highest BCUT2D eigenvalue weighted by molar-refractivity contribution is 7.89. The second-order valence-electron chi connectivity index (χ2n) is 4.66. The molecule has 0 saturated carbocycles. The van der Waals surface area contributed by atoms with Gasteiger partial charge in [-0.15, -0.1) is 0 Å². The van der Waals surface area contributed by atoms with Crippen molar-refractivity contribution < 1.29 is 17.9 Å². The number of hydrogen-bond donors (Lipinski definition) is 2. The van der Waals surface area contributed by atoms with E-state index in [0.717, 1.165) is 12.0 Å². The molecule has 0 amide bonds. The van der Waals surface area contributed by atoms with Crippen molar-refractivity contribution >= 4 is 10.0 Å². The molecular weight excluding hydrogens is 292 g/mol. The van der Waals surface area contributed by atoms with Crippen molar-refractivity contribution in [1.29, 1.82) is 0 Å². The summed E-state index contributed by atoms with van der Waals surface area (Å²) in [4.78, 5) is 4.14. The minimum absolute atomic E-state index is 0.0163. The molecule has 0 bridgehead atoms. The van der Waals surface area contributed by atoms with Crippen LogP contribution in [0.5, 0.6) is 0 Å². The highest BCUT2D eigenvalue weighted by atomic mass is 32.2. The standard InChI is InChI=1S/C14H18N2O4S/c1-11-9-15-14(20-11)10-16-21(18,19)13-6-4-12(5-7-13)3-2-8-17/h4-7,9,16-17H,2-3,8,10H2,1H3. The largest absolute Gasteiger partial charge is 0.445 e. The van der Waals surface area contributed by atoms with Crippen LogP contribution < -0.4 is 4.72 Å². The van der Waals surface area contributed by atoms with Crippen molar-refractivity contribution in [2.75, 3.05) is 6.61 Å². The van der Waals surface area contributed by atoms with E-state index in [1.807, 2.05) is 0 Å². The molecule has 0 radical (unpaired) electrons. The average Bonchev–Trinajstić information content (AvgIpc) is 2.89. The fourth-order valence-electron chi connectivity index (χ4n) is 1.84. The van der Waals surface area contributed by atoms with E-state index < -0.39 is 10.0 Å². The molecule has 2 rings (SSSR count). The smallest absolute Gasteiger partial charge is 0.241 e. The van der Waals surface area contributed by atoms with Crippen LogP contribution in [0.2, 0.25) is 0 Å². The van der Waals surface area contributed by atoms with Crippen LogP contribution in [0, 0.1) is 6.92 Å². The number of benzene rings is 1. The Balaban J connectivity index is 2.01. The Morgan fingerprint density at radius 3 is 2.57 bits per heavy atom. The number of rotatable bonds is 7. The Labute approximate surface area is 123 Å². The van der Waals surface area contributed by atoms with Gasteiger partial charge in [0.25, 0.3) is 0 Å². The van der Waals surface area contributed by atoms with E-state index in [0.29, 0.717) is 18.1 Å². The molecule has 114 valence electrons. The zero-order valence-electron chi connectivity index (χ0n) is 11.7. The zero-order valence-corrected chi connectivity index (χ0v) is 12.6. The molecule has 2 aromatic rings. The molecule has 2 N–H and O–H groups in total. The summed E-state index contributed by atoms with van der Waals surface area (Å²) >= 11 is 0. The second kappa shape index (κ2) is 6.84. The molecule has 0 aliphatic heterocycles.